The zero-order valence-corrected chi connectivity index (χ0v) is 9.39. The molecule has 0 saturated carbocycles. The van der Waals surface area contributed by atoms with Crippen molar-refractivity contribution in [2.75, 3.05) is 11.9 Å². The van der Waals surface area contributed by atoms with E-state index in [0.29, 0.717) is 17.5 Å². The van der Waals surface area contributed by atoms with Crippen LogP contribution in [0.25, 0.3) is 0 Å². The summed E-state index contributed by atoms with van der Waals surface area (Å²) in [7, 11) is 0. The van der Waals surface area contributed by atoms with Crippen LogP contribution < -0.4 is 10.6 Å². The SMILES string of the molecule is Cc1csc(NC(=O)C2=NCC(C)N2)n1. The molecule has 0 saturated heterocycles. The Labute approximate surface area is 91.6 Å². The van der Waals surface area contributed by atoms with Gasteiger partial charge in [0.25, 0.3) is 5.91 Å². The number of thiazole rings is 1. The molecule has 80 valence electrons. The van der Waals surface area contributed by atoms with E-state index in [1.165, 1.54) is 11.3 Å². The van der Waals surface area contributed by atoms with Gasteiger partial charge in [0.2, 0.25) is 0 Å². The molecular formula is C9H12N4OS. The minimum atomic E-state index is -0.214. The van der Waals surface area contributed by atoms with Crippen molar-refractivity contribution in [3.8, 4) is 0 Å². The number of rotatable bonds is 2. The number of hydrogen-bond donors (Lipinski definition) is 2. The van der Waals surface area contributed by atoms with E-state index in [4.69, 9.17) is 0 Å². The van der Waals surface area contributed by atoms with Crippen LogP contribution in [0.5, 0.6) is 0 Å². The maximum absolute atomic E-state index is 11.6. The summed E-state index contributed by atoms with van der Waals surface area (Å²) in [5.74, 6) is 0.184. The Bertz CT molecular complexity index is 412. The molecule has 1 atom stereocenters. The summed E-state index contributed by atoms with van der Waals surface area (Å²) in [6.07, 6.45) is 0. The Balaban J connectivity index is 1.98. The Kier molecular flexibility index (Phi) is 2.68. The lowest BCUT2D eigenvalue weighted by molar-refractivity contribution is -0.110. The smallest absolute Gasteiger partial charge is 0.292 e. The lowest BCUT2D eigenvalue weighted by Gasteiger charge is -2.04. The molecule has 2 rings (SSSR count). The van der Waals surface area contributed by atoms with Crippen LogP contribution in [0.4, 0.5) is 5.13 Å². The number of carbonyl (C=O) groups excluding carboxylic acids is 1. The molecule has 0 fully saturated rings. The highest BCUT2D eigenvalue weighted by Gasteiger charge is 2.19. The highest BCUT2D eigenvalue weighted by Crippen LogP contribution is 2.14. The molecular weight excluding hydrogens is 212 g/mol. The third-order valence-corrected chi connectivity index (χ3v) is 2.84. The third-order valence-electron chi connectivity index (χ3n) is 1.96. The first-order chi connectivity index (χ1) is 7.15. The summed E-state index contributed by atoms with van der Waals surface area (Å²) in [6.45, 7) is 4.52. The fourth-order valence-electron chi connectivity index (χ4n) is 1.26. The van der Waals surface area contributed by atoms with Gasteiger partial charge < -0.3 is 5.32 Å². The highest BCUT2D eigenvalue weighted by molar-refractivity contribution is 7.14. The number of aryl methyl sites for hydroxylation is 1. The third kappa shape index (κ3) is 2.33. The van der Waals surface area contributed by atoms with E-state index in [1.807, 2.05) is 19.2 Å². The number of carbonyl (C=O) groups is 1. The molecule has 15 heavy (non-hydrogen) atoms. The molecule has 1 unspecified atom stereocenters. The van der Waals surface area contributed by atoms with Crippen molar-refractivity contribution in [2.45, 2.75) is 19.9 Å². The van der Waals surface area contributed by atoms with Crippen molar-refractivity contribution in [3.63, 3.8) is 0 Å². The number of hydrogen-bond acceptors (Lipinski definition) is 5. The first-order valence-corrected chi connectivity index (χ1v) is 5.57. The first kappa shape index (κ1) is 10.1. The Hall–Kier alpha value is -1.43. The van der Waals surface area contributed by atoms with Gasteiger partial charge in [0.05, 0.1) is 12.2 Å². The molecule has 0 bridgehead atoms. The van der Waals surface area contributed by atoms with Crippen molar-refractivity contribution >= 4 is 28.2 Å². The van der Waals surface area contributed by atoms with Crippen LogP contribution in [0.2, 0.25) is 0 Å². The molecule has 0 radical (unpaired) electrons. The molecule has 1 amide bonds. The lowest BCUT2D eigenvalue weighted by atomic mass is 10.4. The van der Waals surface area contributed by atoms with Crippen LogP contribution in [0, 0.1) is 6.92 Å². The topological polar surface area (TPSA) is 66.4 Å². The molecule has 1 aromatic heterocycles. The second-order valence-corrected chi connectivity index (χ2v) is 4.34. The van der Waals surface area contributed by atoms with Gasteiger partial charge in [0.15, 0.2) is 11.0 Å². The predicted molar refractivity (Wildman–Crippen MR) is 60.4 cm³/mol. The maximum Gasteiger partial charge on any atom is 0.292 e. The summed E-state index contributed by atoms with van der Waals surface area (Å²) >= 11 is 1.41. The monoisotopic (exact) mass is 224 g/mol. The van der Waals surface area contributed by atoms with Crippen molar-refractivity contribution in [1.29, 1.82) is 0 Å². The summed E-state index contributed by atoms with van der Waals surface area (Å²) in [5.41, 5.74) is 0.907. The second kappa shape index (κ2) is 3.98. The van der Waals surface area contributed by atoms with Crippen LogP contribution in [0.3, 0.4) is 0 Å². The summed E-state index contributed by atoms with van der Waals surface area (Å²) in [4.78, 5) is 19.9. The van der Waals surface area contributed by atoms with E-state index in [9.17, 15) is 4.79 Å². The standard InChI is InChI=1S/C9H12N4OS/c1-5-3-10-7(11-5)8(14)13-9-12-6(2)4-15-9/h4-5H,3H2,1-2H3,(H,10,11)(H,12,13,14). The number of aliphatic imine (C=N–C) groups is 1. The fraction of sp³-hybridized carbons (Fsp3) is 0.444. The fourth-order valence-corrected chi connectivity index (χ4v) is 1.94. The van der Waals surface area contributed by atoms with Gasteiger partial charge in [-0.05, 0) is 13.8 Å². The van der Waals surface area contributed by atoms with Crippen molar-refractivity contribution in [3.05, 3.63) is 11.1 Å². The van der Waals surface area contributed by atoms with Crippen LogP contribution >= 0.6 is 11.3 Å². The normalized spacial score (nSPS) is 19.6. The predicted octanol–water partition coefficient (Wildman–Crippen LogP) is 0.780. The van der Waals surface area contributed by atoms with Crippen molar-refractivity contribution in [2.24, 2.45) is 4.99 Å². The summed E-state index contributed by atoms with van der Waals surface area (Å²) < 4.78 is 0. The molecule has 0 aliphatic carbocycles. The largest absolute Gasteiger partial charge is 0.361 e. The first-order valence-electron chi connectivity index (χ1n) is 4.69. The van der Waals surface area contributed by atoms with Gasteiger partial charge in [-0.15, -0.1) is 11.3 Å². The molecule has 1 aromatic rings. The Morgan fingerprint density at radius 1 is 1.73 bits per heavy atom. The van der Waals surface area contributed by atoms with E-state index in [0.717, 1.165) is 5.69 Å². The van der Waals surface area contributed by atoms with E-state index in [1.54, 1.807) is 0 Å². The number of amidine groups is 1. The maximum atomic E-state index is 11.6. The molecule has 2 N–H and O–H groups in total. The quantitative estimate of drug-likeness (QED) is 0.780. The molecule has 5 nitrogen and oxygen atoms in total. The van der Waals surface area contributed by atoms with E-state index in [-0.39, 0.29) is 11.9 Å². The van der Waals surface area contributed by atoms with E-state index in [2.05, 4.69) is 20.6 Å². The molecule has 0 aromatic carbocycles. The summed E-state index contributed by atoms with van der Waals surface area (Å²) in [5, 5.41) is 8.20. The highest BCUT2D eigenvalue weighted by atomic mass is 32.1. The van der Waals surface area contributed by atoms with Crippen LogP contribution in [0.15, 0.2) is 10.4 Å². The average Bonchev–Trinajstić information content (AvgIpc) is 2.75. The van der Waals surface area contributed by atoms with Gasteiger partial charge in [0, 0.05) is 11.4 Å². The van der Waals surface area contributed by atoms with Gasteiger partial charge in [-0.2, -0.15) is 0 Å². The molecule has 1 aliphatic heterocycles. The van der Waals surface area contributed by atoms with Gasteiger partial charge in [-0.25, -0.2) is 4.98 Å². The minimum absolute atomic E-state index is 0.214. The summed E-state index contributed by atoms with van der Waals surface area (Å²) in [6, 6.07) is 0.240. The minimum Gasteiger partial charge on any atom is -0.361 e. The van der Waals surface area contributed by atoms with Gasteiger partial charge >= 0.3 is 0 Å². The van der Waals surface area contributed by atoms with E-state index < -0.39 is 0 Å². The van der Waals surface area contributed by atoms with Gasteiger partial charge in [-0.1, -0.05) is 0 Å². The number of nitrogens with zero attached hydrogens (tertiary/aromatic N) is 2. The molecule has 6 heteroatoms. The van der Waals surface area contributed by atoms with Gasteiger partial charge in [0.1, 0.15) is 0 Å². The zero-order valence-electron chi connectivity index (χ0n) is 8.57. The second-order valence-electron chi connectivity index (χ2n) is 3.48. The number of amides is 1. The zero-order chi connectivity index (χ0) is 10.8. The van der Waals surface area contributed by atoms with Crippen molar-refractivity contribution < 1.29 is 4.79 Å². The van der Waals surface area contributed by atoms with Crippen LogP contribution in [-0.2, 0) is 4.79 Å². The Morgan fingerprint density at radius 2 is 2.53 bits per heavy atom. The van der Waals surface area contributed by atoms with Crippen LogP contribution in [0.1, 0.15) is 12.6 Å². The number of anilines is 1. The number of aromatic nitrogens is 1. The molecule has 1 aliphatic rings. The van der Waals surface area contributed by atoms with Crippen LogP contribution in [-0.4, -0.2) is 29.3 Å². The molecule has 0 spiro atoms. The van der Waals surface area contributed by atoms with Crippen molar-refractivity contribution in [1.82, 2.24) is 10.3 Å². The Morgan fingerprint density at radius 3 is 3.07 bits per heavy atom. The van der Waals surface area contributed by atoms with Gasteiger partial charge in [-0.3, -0.25) is 15.1 Å². The molecule has 2 heterocycles. The van der Waals surface area contributed by atoms with E-state index >= 15 is 0 Å². The number of nitrogens with one attached hydrogen (secondary N) is 2. The lowest BCUT2D eigenvalue weighted by Crippen LogP contribution is -2.36. The average molecular weight is 224 g/mol.